The first kappa shape index (κ1) is 22.3. The fourth-order valence-corrected chi connectivity index (χ4v) is 5.86. The van der Waals surface area contributed by atoms with Gasteiger partial charge >= 0.3 is 0 Å². The van der Waals surface area contributed by atoms with E-state index in [1.54, 1.807) is 17.4 Å². The lowest BCUT2D eigenvalue weighted by atomic mass is 10.0. The number of carbonyl (C=O) groups excluding carboxylic acids is 2. The molecule has 38 heavy (non-hydrogen) atoms. The first-order valence-electron chi connectivity index (χ1n) is 12.3. The van der Waals surface area contributed by atoms with E-state index in [2.05, 4.69) is 12.1 Å². The van der Waals surface area contributed by atoms with E-state index in [9.17, 15) is 9.59 Å². The summed E-state index contributed by atoms with van der Waals surface area (Å²) in [5.41, 5.74) is 4.67. The number of ketones is 2. The highest BCUT2D eigenvalue weighted by atomic mass is 32.1. The first-order valence-corrected chi connectivity index (χ1v) is 13.1. The highest BCUT2D eigenvalue weighted by Crippen LogP contribution is 2.35. The second kappa shape index (κ2) is 8.91. The number of carbonyl (C=O) groups is 2. The summed E-state index contributed by atoms with van der Waals surface area (Å²) < 4.78 is 2.99. The van der Waals surface area contributed by atoms with Crippen LogP contribution in [0.4, 0.5) is 0 Å². The average molecular weight is 509 g/mol. The Balaban J connectivity index is 1.34. The van der Waals surface area contributed by atoms with Gasteiger partial charge in [0.2, 0.25) is 0 Å². The second-order valence-electron chi connectivity index (χ2n) is 9.19. The maximum Gasteiger partial charge on any atom is 0.197 e. The molecule has 180 valence electrons. The van der Waals surface area contributed by atoms with E-state index < -0.39 is 0 Å². The molecule has 0 saturated heterocycles. The summed E-state index contributed by atoms with van der Waals surface area (Å²) in [5, 5.41) is 2.78. The smallest absolute Gasteiger partial charge is 0.197 e. The normalized spacial score (nSPS) is 13.2. The predicted octanol–water partition coefficient (Wildman–Crippen LogP) is 7.87. The number of para-hydroxylation sites is 1. The van der Waals surface area contributed by atoms with E-state index >= 15 is 0 Å². The van der Waals surface area contributed by atoms with E-state index in [-0.39, 0.29) is 17.1 Å². The molecule has 0 spiro atoms. The van der Waals surface area contributed by atoms with Gasteiger partial charge in [-0.3, -0.25) is 14.2 Å². The molecule has 0 saturated carbocycles. The van der Waals surface area contributed by atoms with Crippen LogP contribution in [0.25, 0.3) is 45.0 Å². The fourth-order valence-electron chi connectivity index (χ4n) is 4.96. The third-order valence-electron chi connectivity index (χ3n) is 6.79. The van der Waals surface area contributed by atoms with Gasteiger partial charge in [-0.05, 0) is 58.8 Å². The largest absolute Gasteiger partial charge is 0.294 e. The van der Waals surface area contributed by atoms with Crippen molar-refractivity contribution >= 4 is 62.3 Å². The van der Waals surface area contributed by atoms with Crippen molar-refractivity contribution in [1.29, 1.82) is 0 Å². The minimum absolute atomic E-state index is 0.182. The lowest BCUT2D eigenvalue weighted by Crippen LogP contribution is -2.03. The van der Waals surface area contributed by atoms with Gasteiger partial charge in [0.05, 0.1) is 16.0 Å². The van der Waals surface area contributed by atoms with Gasteiger partial charge in [-0.25, -0.2) is 4.98 Å². The Morgan fingerprint density at radius 2 is 1.29 bits per heavy atom. The van der Waals surface area contributed by atoms with Crippen LogP contribution in [0.5, 0.6) is 0 Å². The van der Waals surface area contributed by atoms with Crippen LogP contribution in [0.1, 0.15) is 37.0 Å². The van der Waals surface area contributed by atoms with E-state index in [1.165, 1.54) is 0 Å². The molecule has 0 N–H and O–H groups in total. The van der Waals surface area contributed by atoms with Gasteiger partial charge in [-0.1, -0.05) is 78.9 Å². The molecule has 1 aliphatic rings. The Bertz CT molecular complexity index is 1890. The number of rotatable bonds is 4. The second-order valence-corrected chi connectivity index (χ2v) is 10.2. The van der Waals surface area contributed by atoms with Crippen molar-refractivity contribution in [2.75, 3.05) is 0 Å². The van der Waals surface area contributed by atoms with E-state index in [1.807, 2.05) is 108 Å². The lowest BCUT2D eigenvalue weighted by molar-refractivity contribution is 0.0990. The third-order valence-corrected chi connectivity index (χ3v) is 7.75. The van der Waals surface area contributed by atoms with Crippen molar-refractivity contribution in [2.45, 2.75) is 0 Å². The first-order chi connectivity index (χ1) is 18.7. The lowest BCUT2D eigenvalue weighted by Gasteiger charge is -2.07. The van der Waals surface area contributed by atoms with Crippen LogP contribution in [0.3, 0.4) is 0 Å². The molecule has 0 aliphatic heterocycles. The Morgan fingerprint density at radius 3 is 1.95 bits per heavy atom. The number of Topliss-reactive ketones (excluding diaryl/α,β-unsaturated/α-hetero) is 2. The van der Waals surface area contributed by atoms with Crippen molar-refractivity contribution in [1.82, 2.24) is 9.55 Å². The Labute approximate surface area is 222 Å². The maximum absolute atomic E-state index is 13.4. The summed E-state index contributed by atoms with van der Waals surface area (Å²) in [7, 11) is 0. The molecule has 2 heterocycles. The van der Waals surface area contributed by atoms with Gasteiger partial charge in [-0.2, -0.15) is 0 Å². The molecule has 1 aliphatic carbocycles. The molecule has 0 unspecified atom stereocenters. The minimum atomic E-state index is -0.237. The van der Waals surface area contributed by atoms with Crippen molar-refractivity contribution in [3.63, 3.8) is 0 Å². The van der Waals surface area contributed by atoms with Crippen LogP contribution in [0.2, 0.25) is 0 Å². The van der Waals surface area contributed by atoms with E-state index in [0.717, 1.165) is 43.1 Å². The number of benzene rings is 4. The van der Waals surface area contributed by atoms with Crippen LogP contribution in [-0.2, 0) is 0 Å². The van der Waals surface area contributed by atoms with Crippen LogP contribution < -0.4 is 0 Å². The summed E-state index contributed by atoms with van der Waals surface area (Å²) >= 11 is 1.58. The maximum atomic E-state index is 13.4. The molecule has 4 aromatic carbocycles. The molecule has 0 bridgehead atoms. The summed E-state index contributed by atoms with van der Waals surface area (Å²) in [6.07, 6.45) is 5.78. The Morgan fingerprint density at radius 1 is 0.684 bits per heavy atom. The molecule has 0 amide bonds. The topological polar surface area (TPSA) is 52.0 Å². The monoisotopic (exact) mass is 508 g/mol. The SMILES string of the molecule is O=C1C(=Cc2cc3sc(/C=C/c4ccccc4)nc3n2-c2ccccc2)C(=O)c2cc3ccccc3cc21. The van der Waals surface area contributed by atoms with Crippen molar-refractivity contribution in [2.24, 2.45) is 0 Å². The standard InChI is InChI=1S/C33H20N2O2S/c36-31-26-17-22-11-7-8-12-23(22)18-27(26)32(37)28(31)19-25-20-29-33(35(25)24-13-5-2-6-14-24)34-30(38-29)16-15-21-9-3-1-4-10-21/h1-20H/b16-15+. The van der Waals surface area contributed by atoms with Crippen LogP contribution >= 0.6 is 11.3 Å². The van der Waals surface area contributed by atoms with Crippen molar-refractivity contribution in [3.8, 4) is 5.69 Å². The van der Waals surface area contributed by atoms with Crippen molar-refractivity contribution in [3.05, 3.63) is 136 Å². The molecular formula is C33H20N2O2S. The van der Waals surface area contributed by atoms with Crippen molar-refractivity contribution < 1.29 is 9.59 Å². The van der Waals surface area contributed by atoms with Gasteiger partial charge in [-0.15, -0.1) is 11.3 Å². The molecule has 4 nitrogen and oxygen atoms in total. The molecule has 7 rings (SSSR count). The zero-order chi connectivity index (χ0) is 25.6. The zero-order valence-corrected chi connectivity index (χ0v) is 21.0. The predicted molar refractivity (Wildman–Crippen MR) is 155 cm³/mol. The number of allylic oxidation sites excluding steroid dienone is 1. The molecule has 0 radical (unpaired) electrons. The van der Waals surface area contributed by atoms with Crippen LogP contribution in [0, 0.1) is 0 Å². The Hall–Kier alpha value is -4.87. The summed E-state index contributed by atoms with van der Waals surface area (Å²) in [6.45, 7) is 0. The third kappa shape index (κ3) is 3.72. The molecule has 5 heteroatoms. The number of aromatic nitrogens is 2. The quantitative estimate of drug-likeness (QED) is 0.180. The molecular weight excluding hydrogens is 488 g/mol. The van der Waals surface area contributed by atoms with Gasteiger partial charge in [0.25, 0.3) is 0 Å². The summed E-state index contributed by atoms with van der Waals surface area (Å²) in [5.74, 6) is -0.473. The molecule has 0 atom stereocenters. The highest BCUT2D eigenvalue weighted by Gasteiger charge is 2.34. The summed E-state index contributed by atoms with van der Waals surface area (Å²) in [6, 6.07) is 33.4. The van der Waals surface area contributed by atoms with E-state index in [4.69, 9.17) is 4.98 Å². The number of hydrogen-bond donors (Lipinski definition) is 0. The highest BCUT2D eigenvalue weighted by molar-refractivity contribution is 7.19. The Kier molecular flexibility index (Phi) is 5.23. The minimum Gasteiger partial charge on any atom is -0.294 e. The number of hydrogen-bond acceptors (Lipinski definition) is 4. The summed E-state index contributed by atoms with van der Waals surface area (Å²) in [4.78, 5) is 31.7. The zero-order valence-electron chi connectivity index (χ0n) is 20.2. The average Bonchev–Trinajstić information content (AvgIpc) is 3.57. The number of thiazole rings is 1. The van der Waals surface area contributed by atoms with E-state index in [0.29, 0.717) is 11.1 Å². The number of nitrogens with zero attached hydrogens (tertiary/aromatic N) is 2. The molecule has 0 fully saturated rings. The fraction of sp³-hybridized carbons (Fsp3) is 0. The van der Waals surface area contributed by atoms with Gasteiger partial charge < -0.3 is 0 Å². The van der Waals surface area contributed by atoms with Gasteiger partial charge in [0.15, 0.2) is 17.2 Å². The van der Waals surface area contributed by atoms with Crippen LogP contribution in [-0.4, -0.2) is 21.1 Å². The van der Waals surface area contributed by atoms with Crippen LogP contribution in [0.15, 0.2) is 109 Å². The number of fused-ring (bicyclic) bond motifs is 3. The van der Waals surface area contributed by atoms with Gasteiger partial charge in [0, 0.05) is 16.8 Å². The molecule has 6 aromatic rings. The van der Waals surface area contributed by atoms with Gasteiger partial charge in [0.1, 0.15) is 5.01 Å². The molecule has 2 aromatic heterocycles.